The minimum absolute atomic E-state index is 0.147. The molecule has 0 aromatic carbocycles. The topological polar surface area (TPSA) is 77.8 Å². The van der Waals surface area contributed by atoms with Crippen LogP contribution in [0.2, 0.25) is 0 Å². The van der Waals surface area contributed by atoms with Gasteiger partial charge in [-0.15, -0.1) is 0 Å². The molecule has 0 aliphatic heterocycles. The van der Waals surface area contributed by atoms with Crippen molar-refractivity contribution in [1.29, 1.82) is 0 Å². The number of rotatable bonds is 5. The first kappa shape index (κ1) is 26.4. The zero-order chi connectivity index (χ0) is 25.5. The minimum Gasteiger partial charge on any atom is -0.390 e. The van der Waals surface area contributed by atoms with Gasteiger partial charge in [-0.1, -0.05) is 53.2 Å². The Bertz CT molecular complexity index is 852. The molecule has 0 spiro atoms. The SMILES string of the molecule is C[C@@H](C[C@@H](O)[C@H](O)C(C)(C)O)[C@@H]1CC[C@]2(C)C3=CC[C@H]4C(C)(C)C(=O)CC[C@]4(C)[C@H]3CC[C@@]12C. The molecule has 0 saturated heterocycles. The first-order valence-electron chi connectivity index (χ1n) is 13.8. The van der Waals surface area contributed by atoms with Gasteiger partial charge in [0.15, 0.2) is 0 Å². The highest BCUT2D eigenvalue weighted by Crippen LogP contribution is 2.73. The van der Waals surface area contributed by atoms with Crippen LogP contribution in [0.4, 0.5) is 0 Å². The van der Waals surface area contributed by atoms with Gasteiger partial charge in [0, 0.05) is 11.8 Å². The number of fused-ring (bicyclic) bond motifs is 5. The Balaban J connectivity index is 1.60. The van der Waals surface area contributed by atoms with Gasteiger partial charge in [-0.25, -0.2) is 0 Å². The monoisotopic (exact) mass is 474 g/mol. The van der Waals surface area contributed by atoms with Gasteiger partial charge in [0.05, 0.1) is 11.7 Å². The van der Waals surface area contributed by atoms with E-state index in [1.165, 1.54) is 19.3 Å². The molecule has 4 rings (SSSR count). The molecule has 4 aliphatic rings. The number of aliphatic hydroxyl groups excluding tert-OH is 2. The highest BCUT2D eigenvalue weighted by Gasteiger charge is 2.65. The summed E-state index contributed by atoms with van der Waals surface area (Å²) in [5, 5.41) is 31.3. The van der Waals surface area contributed by atoms with Crippen molar-refractivity contribution in [3.05, 3.63) is 11.6 Å². The van der Waals surface area contributed by atoms with Gasteiger partial charge in [0.2, 0.25) is 0 Å². The van der Waals surface area contributed by atoms with Crippen molar-refractivity contribution in [1.82, 2.24) is 0 Å². The lowest BCUT2D eigenvalue weighted by atomic mass is 9.41. The molecule has 4 nitrogen and oxygen atoms in total. The largest absolute Gasteiger partial charge is 0.390 e. The smallest absolute Gasteiger partial charge is 0.138 e. The summed E-state index contributed by atoms with van der Waals surface area (Å²) in [6.07, 6.45) is 8.46. The molecule has 3 N–H and O–H groups in total. The van der Waals surface area contributed by atoms with Crippen molar-refractivity contribution >= 4 is 5.78 Å². The van der Waals surface area contributed by atoms with Crippen LogP contribution in [0.25, 0.3) is 0 Å². The maximum absolute atomic E-state index is 12.8. The third-order valence-electron chi connectivity index (χ3n) is 12.0. The second-order valence-corrected chi connectivity index (χ2v) is 14.5. The average molecular weight is 475 g/mol. The van der Waals surface area contributed by atoms with Gasteiger partial charge < -0.3 is 15.3 Å². The van der Waals surface area contributed by atoms with E-state index < -0.39 is 17.8 Å². The van der Waals surface area contributed by atoms with Crippen LogP contribution in [0.15, 0.2) is 11.6 Å². The molecule has 0 unspecified atom stereocenters. The average Bonchev–Trinajstić information content (AvgIpc) is 3.01. The highest BCUT2D eigenvalue weighted by atomic mass is 16.4. The second kappa shape index (κ2) is 8.15. The number of hydrogen-bond donors (Lipinski definition) is 3. The van der Waals surface area contributed by atoms with E-state index in [4.69, 9.17) is 0 Å². The predicted octanol–water partition coefficient (Wildman–Crippen LogP) is 5.68. The first-order valence-corrected chi connectivity index (χ1v) is 13.8. The van der Waals surface area contributed by atoms with E-state index in [9.17, 15) is 20.1 Å². The second-order valence-electron chi connectivity index (χ2n) is 14.5. The standard InChI is InChI=1S/C30H50O4/c1-18(17-22(31)25(33)27(4,5)34)19-11-15-30(8)21-9-10-23-26(2,3)24(32)13-14-28(23,6)20(21)12-16-29(19,30)7/h9,18-20,22-23,25,31,33-34H,10-17H2,1-8H3/t18-,19-,20-,22+,23-,25-,28+,29-,30+/m0/s1. The molecule has 0 bridgehead atoms. The van der Waals surface area contributed by atoms with Gasteiger partial charge in [0.25, 0.3) is 0 Å². The summed E-state index contributed by atoms with van der Waals surface area (Å²) in [6, 6.07) is 0. The number of ketones is 1. The number of carbonyl (C=O) groups is 1. The highest BCUT2D eigenvalue weighted by molar-refractivity contribution is 5.85. The Morgan fingerprint density at radius 1 is 1.06 bits per heavy atom. The molecule has 3 saturated carbocycles. The van der Waals surface area contributed by atoms with Gasteiger partial charge in [-0.3, -0.25) is 4.79 Å². The molecule has 9 atom stereocenters. The first-order chi connectivity index (χ1) is 15.5. The molecule has 3 fully saturated rings. The summed E-state index contributed by atoms with van der Waals surface area (Å²) >= 11 is 0. The van der Waals surface area contributed by atoms with Gasteiger partial charge in [-0.05, 0) is 98.7 Å². The molecule has 0 aromatic heterocycles. The van der Waals surface area contributed by atoms with E-state index in [-0.39, 0.29) is 27.6 Å². The van der Waals surface area contributed by atoms with Crippen LogP contribution in [0, 0.1) is 45.3 Å². The van der Waals surface area contributed by atoms with Crippen LogP contribution in [0.3, 0.4) is 0 Å². The Morgan fingerprint density at radius 2 is 1.71 bits per heavy atom. The van der Waals surface area contributed by atoms with Gasteiger partial charge in [0.1, 0.15) is 11.9 Å². The minimum atomic E-state index is -1.31. The molecule has 0 aromatic rings. The fraction of sp³-hybridized carbons (Fsp3) is 0.900. The molecular formula is C30H50O4. The normalized spacial score (nSPS) is 44.4. The zero-order valence-electron chi connectivity index (χ0n) is 22.9. The number of allylic oxidation sites excluding steroid dienone is 2. The van der Waals surface area contributed by atoms with E-state index in [2.05, 4.69) is 47.6 Å². The van der Waals surface area contributed by atoms with Crippen LogP contribution in [-0.2, 0) is 4.79 Å². The summed E-state index contributed by atoms with van der Waals surface area (Å²) in [5.41, 5.74) is 0.630. The van der Waals surface area contributed by atoms with E-state index >= 15 is 0 Å². The van der Waals surface area contributed by atoms with Crippen molar-refractivity contribution in [2.45, 2.75) is 125 Å². The van der Waals surface area contributed by atoms with E-state index in [1.807, 2.05) is 0 Å². The van der Waals surface area contributed by atoms with Crippen molar-refractivity contribution in [3.63, 3.8) is 0 Å². The Kier molecular flexibility index (Phi) is 6.32. The summed E-state index contributed by atoms with van der Waals surface area (Å²) in [4.78, 5) is 12.8. The number of carbonyl (C=O) groups excluding carboxylic acids is 1. The van der Waals surface area contributed by atoms with Gasteiger partial charge in [-0.2, -0.15) is 0 Å². The molecule has 0 heterocycles. The van der Waals surface area contributed by atoms with Crippen LogP contribution < -0.4 is 0 Å². The fourth-order valence-corrected chi connectivity index (χ4v) is 9.61. The summed E-state index contributed by atoms with van der Waals surface area (Å²) < 4.78 is 0. The van der Waals surface area contributed by atoms with Crippen LogP contribution >= 0.6 is 0 Å². The van der Waals surface area contributed by atoms with Crippen molar-refractivity contribution in [2.75, 3.05) is 0 Å². The molecule has 4 heteroatoms. The molecule has 0 radical (unpaired) electrons. The third kappa shape index (κ3) is 3.60. The van der Waals surface area contributed by atoms with Gasteiger partial charge >= 0.3 is 0 Å². The number of hydrogen-bond acceptors (Lipinski definition) is 4. The Labute approximate surface area is 207 Å². The lowest BCUT2D eigenvalue weighted by Crippen LogP contribution is -2.57. The summed E-state index contributed by atoms with van der Waals surface area (Å²) in [6.45, 7) is 17.2. The fourth-order valence-electron chi connectivity index (χ4n) is 9.61. The predicted molar refractivity (Wildman–Crippen MR) is 136 cm³/mol. The molecule has 4 aliphatic carbocycles. The Hall–Kier alpha value is -0.710. The molecule has 0 amide bonds. The third-order valence-corrected chi connectivity index (χ3v) is 12.0. The lowest BCUT2D eigenvalue weighted by molar-refractivity contribution is -0.146. The molecule has 34 heavy (non-hydrogen) atoms. The van der Waals surface area contributed by atoms with Crippen molar-refractivity contribution in [3.8, 4) is 0 Å². The van der Waals surface area contributed by atoms with E-state index in [0.29, 0.717) is 30.0 Å². The molecule has 194 valence electrons. The quantitative estimate of drug-likeness (QED) is 0.448. The van der Waals surface area contributed by atoms with Crippen molar-refractivity contribution < 1.29 is 20.1 Å². The maximum atomic E-state index is 12.8. The summed E-state index contributed by atoms with van der Waals surface area (Å²) in [7, 11) is 0. The van der Waals surface area contributed by atoms with Crippen LogP contribution in [0.5, 0.6) is 0 Å². The summed E-state index contributed by atoms with van der Waals surface area (Å²) in [5.74, 6) is 2.19. The zero-order valence-corrected chi connectivity index (χ0v) is 22.9. The molecular weight excluding hydrogens is 424 g/mol. The number of aliphatic hydroxyl groups is 3. The Morgan fingerprint density at radius 3 is 2.32 bits per heavy atom. The van der Waals surface area contributed by atoms with Crippen molar-refractivity contribution in [2.24, 2.45) is 45.3 Å². The number of Topliss-reactive ketones (excluding diaryl/α,β-unsaturated/α-hetero) is 1. The van der Waals surface area contributed by atoms with Crippen LogP contribution in [0.1, 0.15) is 107 Å². The maximum Gasteiger partial charge on any atom is 0.138 e. The van der Waals surface area contributed by atoms with Crippen LogP contribution in [-0.4, -0.2) is 38.9 Å². The van der Waals surface area contributed by atoms with E-state index in [1.54, 1.807) is 19.4 Å². The lowest BCUT2D eigenvalue weighted by Gasteiger charge is -2.63. The van der Waals surface area contributed by atoms with E-state index in [0.717, 1.165) is 25.7 Å².